The lowest BCUT2D eigenvalue weighted by Gasteiger charge is -2.51. The number of amides is 1. The number of carbonyl (C=O) groups is 1. The van der Waals surface area contributed by atoms with Crippen LogP contribution in [0, 0.1) is 11.3 Å². The monoisotopic (exact) mass is 242 g/mol. The third-order valence-electron chi connectivity index (χ3n) is 3.88. The summed E-state index contributed by atoms with van der Waals surface area (Å²) in [6.45, 7) is 10.9. The Hall–Kier alpha value is -0.610. The van der Waals surface area contributed by atoms with Gasteiger partial charge in [0.15, 0.2) is 0 Å². The molecular formula is C13H26N2O2. The Morgan fingerprint density at radius 3 is 2.53 bits per heavy atom. The van der Waals surface area contributed by atoms with E-state index in [1.807, 2.05) is 20.8 Å². The molecule has 1 amide bonds. The molecule has 0 aromatic carbocycles. The van der Waals surface area contributed by atoms with Crippen LogP contribution in [-0.2, 0) is 9.53 Å². The molecule has 4 nitrogen and oxygen atoms in total. The molecule has 3 atom stereocenters. The maximum Gasteiger partial charge on any atom is 0.237 e. The fourth-order valence-corrected chi connectivity index (χ4v) is 2.19. The first-order valence-corrected chi connectivity index (χ1v) is 6.48. The molecule has 1 aliphatic rings. The molecular weight excluding hydrogens is 216 g/mol. The topological polar surface area (TPSA) is 64.3 Å². The second-order valence-electron chi connectivity index (χ2n) is 5.83. The van der Waals surface area contributed by atoms with Gasteiger partial charge >= 0.3 is 0 Å². The van der Waals surface area contributed by atoms with Gasteiger partial charge in [-0.05, 0) is 19.3 Å². The van der Waals surface area contributed by atoms with Crippen molar-refractivity contribution in [2.75, 3.05) is 6.61 Å². The lowest BCUT2D eigenvalue weighted by Crippen LogP contribution is -2.64. The summed E-state index contributed by atoms with van der Waals surface area (Å²) >= 11 is 0. The number of nitrogens with two attached hydrogens (primary N) is 1. The molecule has 0 saturated heterocycles. The van der Waals surface area contributed by atoms with Gasteiger partial charge in [0.2, 0.25) is 5.91 Å². The Labute approximate surface area is 104 Å². The van der Waals surface area contributed by atoms with Gasteiger partial charge in [-0.2, -0.15) is 0 Å². The molecule has 17 heavy (non-hydrogen) atoms. The molecule has 1 fully saturated rings. The van der Waals surface area contributed by atoms with Crippen molar-refractivity contribution in [3.05, 3.63) is 0 Å². The Bertz CT molecular complexity index is 277. The Kier molecular flexibility index (Phi) is 4.55. The van der Waals surface area contributed by atoms with Crippen molar-refractivity contribution in [2.45, 2.75) is 59.2 Å². The average molecular weight is 242 g/mol. The normalized spacial score (nSPS) is 28.6. The van der Waals surface area contributed by atoms with E-state index in [0.717, 1.165) is 13.0 Å². The van der Waals surface area contributed by atoms with E-state index in [1.54, 1.807) is 0 Å². The highest BCUT2D eigenvalue weighted by molar-refractivity contribution is 5.82. The summed E-state index contributed by atoms with van der Waals surface area (Å²) in [4.78, 5) is 11.9. The fourth-order valence-electron chi connectivity index (χ4n) is 2.19. The smallest absolute Gasteiger partial charge is 0.237 e. The summed E-state index contributed by atoms with van der Waals surface area (Å²) < 4.78 is 5.63. The molecule has 1 saturated carbocycles. The SMILES string of the molecule is CCOC1CC(NC(=O)[C@@H](N)C(C)C)C1(C)C. The van der Waals surface area contributed by atoms with Crippen LogP contribution in [0.1, 0.15) is 41.0 Å². The van der Waals surface area contributed by atoms with E-state index in [2.05, 4.69) is 19.2 Å². The van der Waals surface area contributed by atoms with E-state index in [1.165, 1.54) is 0 Å². The second kappa shape index (κ2) is 5.36. The number of ether oxygens (including phenoxy) is 1. The zero-order chi connectivity index (χ0) is 13.2. The molecule has 1 aliphatic carbocycles. The van der Waals surface area contributed by atoms with Crippen LogP contribution >= 0.6 is 0 Å². The van der Waals surface area contributed by atoms with Crippen LogP contribution in [0.25, 0.3) is 0 Å². The van der Waals surface area contributed by atoms with Gasteiger partial charge in [-0.1, -0.05) is 27.7 Å². The summed E-state index contributed by atoms with van der Waals surface area (Å²) in [6.07, 6.45) is 1.13. The second-order valence-corrected chi connectivity index (χ2v) is 5.83. The first kappa shape index (κ1) is 14.5. The number of hydrogen-bond acceptors (Lipinski definition) is 3. The molecule has 0 aromatic rings. The highest BCUT2D eigenvalue weighted by atomic mass is 16.5. The first-order valence-electron chi connectivity index (χ1n) is 6.48. The van der Waals surface area contributed by atoms with Crippen molar-refractivity contribution in [2.24, 2.45) is 17.1 Å². The van der Waals surface area contributed by atoms with Crippen molar-refractivity contribution >= 4 is 5.91 Å². The van der Waals surface area contributed by atoms with Crippen molar-refractivity contribution in [1.29, 1.82) is 0 Å². The quantitative estimate of drug-likeness (QED) is 0.763. The van der Waals surface area contributed by atoms with Crippen LogP contribution in [0.4, 0.5) is 0 Å². The molecule has 1 rings (SSSR count). The minimum atomic E-state index is -0.419. The molecule has 0 heterocycles. The number of nitrogens with one attached hydrogen (secondary N) is 1. The highest BCUT2D eigenvalue weighted by Gasteiger charge is 2.49. The molecule has 0 spiro atoms. The molecule has 0 bridgehead atoms. The van der Waals surface area contributed by atoms with Crippen molar-refractivity contribution < 1.29 is 9.53 Å². The summed E-state index contributed by atoms with van der Waals surface area (Å²) in [7, 11) is 0. The van der Waals surface area contributed by atoms with E-state index in [9.17, 15) is 4.79 Å². The number of carbonyl (C=O) groups excluding carboxylic acids is 1. The predicted octanol–water partition coefficient (Wildman–Crippen LogP) is 1.29. The summed E-state index contributed by atoms with van der Waals surface area (Å²) in [5.41, 5.74) is 5.83. The van der Waals surface area contributed by atoms with Crippen LogP contribution in [-0.4, -0.2) is 30.7 Å². The van der Waals surface area contributed by atoms with Gasteiger partial charge in [-0.25, -0.2) is 0 Å². The zero-order valence-electron chi connectivity index (χ0n) is 11.6. The van der Waals surface area contributed by atoms with Gasteiger partial charge in [0.25, 0.3) is 0 Å². The van der Waals surface area contributed by atoms with E-state index < -0.39 is 6.04 Å². The molecule has 0 aromatic heterocycles. The maximum atomic E-state index is 11.9. The predicted molar refractivity (Wildman–Crippen MR) is 68.6 cm³/mol. The molecule has 3 N–H and O–H groups in total. The third kappa shape index (κ3) is 2.99. The van der Waals surface area contributed by atoms with Crippen molar-refractivity contribution in [1.82, 2.24) is 5.32 Å². The van der Waals surface area contributed by atoms with Crippen LogP contribution in [0.15, 0.2) is 0 Å². The molecule has 4 heteroatoms. The van der Waals surface area contributed by atoms with Crippen molar-refractivity contribution in [3.8, 4) is 0 Å². The maximum absolute atomic E-state index is 11.9. The minimum Gasteiger partial charge on any atom is -0.378 e. The molecule has 0 radical (unpaired) electrons. The van der Waals surface area contributed by atoms with Gasteiger partial charge < -0.3 is 15.8 Å². The van der Waals surface area contributed by atoms with Gasteiger partial charge in [-0.15, -0.1) is 0 Å². The van der Waals surface area contributed by atoms with E-state index in [4.69, 9.17) is 10.5 Å². The van der Waals surface area contributed by atoms with Crippen LogP contribution in [0.5, 0.6) is 0 Å². The van der Waals surface area contributed by atoms with Gasteiger partial charge in [-0.3, -0.25) is 4.79 Å². The average Bonchev–Trinajstić information content (AvgIpc) is 2.26. The standard InChI is InChI=1S/C13H26N2O2/c1-6-17-10-7-9(13(10,4)5)15-12(16)11(14)8(2)3/h8-11H,6-7,14H2,1-5H3,(H,15,16)/t9?,10?,11-/m0/s1. The Morgan fingerprint density at radius 2 is 2.12 bits per heavy atom. The summed E-state index contributed by atoms with van der Waals surface area (Å²) in [6, 6.07) is -0.242. The number of rotatable bonds is 5. The van der Waals surface area contributed by atoms with Crippen LogP contribution in [0.3, 0.4) is 0 Å². The van der Waals surface area contributed by atoms with Crippen LogP contribution in [0.2, 0.25) is 0 Å². The van der Waals surface area contributed by atoms with Gasteiger partial charge in [0.05, 0.1) is 12.1 Å². The lowest BCUT2D eigenvalue weighted by atomic mass is 9.64. The molecule has 100 valence electrons. The van der Waals surface area contributed by atoms with Crippen molar-refractivity contribution in [3.63, 3.8) is 0 Å². The molecule has 2 unspecified atom stereocenters. The van der Waals surface area contributed by atoms with E-state index >= 15 is 0 Å². The summed E-state index contributed by atoms with van der Waals surface area (Å²) in [5.74, 6) is 0.119. The largest absolute Gasteiger partial charge is 0.378 e. The first-order chi connectivity index (χ1) is 7.80. The van der Waals surface area contributed by atoms with Gasteiger partial charge in [0.1, 0.15) is 0 Å². The zero-order valence-corrected chi connectivity index (χ0v) is 11.6. The lowest BCUT2D eigenvalue weighted by molar-refractivity contribution is -0.138. The third-order valence-corrected chi connectivity index (χ3v) is 3.88. The van der Waals surface area contributed by atoms with E-state index in [-0.39, 0.29) is 29.4 Å². The van der Waals surface area contributed by atoms with E-state index in [0.29, 0.717) is 0 Å². The highest BCUT2D eigenvalue weighted by Crippen LogP contribution is 2.42. The minimum absolute atomic E-state index is 0.00235. The van der Waals surface area contributed by atoms with Crippen LogP contribution < -0.4 is 11.1 Å². The Balaban J connectivity index is 2.47. The van der Waals surface area contributed by atoms with Gasteiger partial charge in [0, 0.05) is 18.1 Å². The fraction of sp³-hybridized carbons (Fsp3) is 0.923. The Morgan fingerprint density at radius 1 is 1.53 bits per heavy atom. The molecule has 0 aliphatic heterocycles. The number of hydrogen-bond donors (Lipinski definition) is 2. The summed E-state index contributed by atoms with van der Waals surface area (Å²) in [5, 5.41) is 3.03.